The zero-order valence-electron chi connectivity index (χ0n) is 14.7. The van der Waals surface area contributed by atoms with Gasteiger partial charge in [-0.2, -0.15) is 0 Å². The van der Waals surface area contributed by atoms with Gasteiger partial charge in [0.05, 0.1) is 12.7 Å². The second-order valence-electron chi connectivity index (χ2n) is 6.53. The van der Waals surface area contributed by atoms with E-state index in [2.05, 4.69) is 6.07 Å². The van der Waals surface area contributed by atoms with Crippen molar-refractivity contribution in [3.05, 3.63) is 60.2 Å². The van der Waals surface area contributed by atoms with Crippen LogP contribution in [-0.2, 0) is 19.9 Å². The molecule has 3 rings (SSSR count). The minimum absolute atomic E-state index is 0.145. The Kier molecular flexibility index (Phi) is 5.39. The highest BCUT2D eigenvalue weighted by atomic mass is 16.5. The molecule has 1 aliphatic carbocycles. The minimum Gasteiger partial charge on any atom is -0.469 e. The van der Waals surface area contributed by atoms with Gasteiger partial charge in [-0.05, 0) is 55.0 Å². The summed E-state index contributed by atoms with van der Waals surface area (Å²) in [7, 11) is 3.18. The van der Waals surface area contributed by atoms with Crippen LogP contribution in [0.4, 0.5) is 0 Å². The summed E-state index contributed by atoms with van der Waals surface area (Å²) in [4.78, 5) is 11.3. The largest absolute Gasteiger partial charge is 0.469 e. The van der Waals surface area contributed by atoms with Gasteiger partial charge in [-0.3, -0.25) is 4.79 Å². The third-order valence-corrected chi connectivity index (χ3v) is 4.95. The van der Waals surface area contributed by atoms with Crippen LogP contribution in [0, 0.1) is 5.92 Å². The van der Waals surface area contributed by atoms with E-state index in [1.165, 1.54) is 7.11 Å². The molecule has 0 radical (unpaired) electrons. The van der Waals surface area contributed by atoms with Crippen molar-refractivity contribution >= 4 is 5.97 Å². The lowest BCUT2D eigenvalue weighted by Gasteiger charge is -2.47. The molecule has 0 saturated heterocycles. The molecule has 0 N–H and O–H groups in total. The molecule has 4 nitrogen and oxygen atoms in total. The Morgan fingerprint density at radius 1 is 1.04 bits per heavy atom. The van der Waals surface area contributed by atoms with Crippen LogP contribution in [0.1, 0.15) is 31.2 Å². The van der Waals surface area contributed by atoms with Crippen LogP contribution in [0.5, 0.6) is 11.5 Å². The lowest BCUT2D eigenvalue weighted by Crippen LogP contribution is -2.43. The Balaban J connectivity index is 1.66. The van der Waals surface area contributed by atoms with Crippen LogP contribution >= 0.6 is 0 Å². The number of hydrogen-bond donors (Lipinski definition) is 0. The molecule has 25 heavy (non-hydrogen) atoms. The number of ether oxygens (including phenoxy) is 3. The Hall–Kier alpha value is -2.33. The molecule has 0 unspecified atom stereocenters. The van der Waals surface area contributed by atoms with Crippen LogP contribution in [0.3, 0.4) is 0 Å². The highest BCUT2D eigenvalue weighted by Gasteiger charge is 2.45. The highest BCUT2D eigenvalue weighted by Crippen LogP contribution is 2.50. The van der Waals surface area contributed by atoms with Crippen molar-refractivity contribution in [1.82, 2.24) is 0 Å². The topological polar surface area (TPSA) is 44.8 Å². The van der Waals surface area contributed by atoms with Gasteiger partial charge in [-0.15, -0.1) is 0 Å². The third-order valence-electron chi connectivity index (χ3n) is 4.95. The zero-order chi connectivity index (χ0) is 17.7. The Morgan fingerprint density at radius 3 is 2.44 bits per heavy atom. The standard InChI is InChI=1S/C21H24O4/c1-23-20(22)12-11-16-14-21(15-16,24-2)17-7-6-10-19(13-17)25-18-8-4-3-5-9-18/h3-10,13,16H,11-12,14-15H2,1-2H3. The van der Waals surface area contributed by atoms with Gasteiger partial charge in [0.1, 0.15) is 11.5 Å². The number of methoxy groups -OCH3 is 2. The van der Waals surface area contributed by atoms with E-state index >= 15 is 0 Å². The predicted octanol–water partition coefficient (Wildman–Crippen LogP) is 4.68. The Morgan fingerprint density at radius 2 is 1.76 bits per heavy atom. The van der Waals surface area contributed by atoms with Crippen LogP contribution in [0.2, 0.25) is 0 Å². The van der Waals surface area contributed by atoms with Crippen LogP contribution in [0.15, 0.2) is 54.6 Å². The van der Waals surface area contributed by atoms with Crippen molar-refractivity contribution in [2.45, 2.75) is 31.3 Å². The molecule has 0 heterocycles. The molecule has 0 spiro atoms. The molecule has 2 aromatic carbocycles. The van der Waals surface area contributed by atoms with Crippen molar-refractivity contribution in [2.24, 2.45) is 5.92 Å². The maximum Gasteiger partial charge on any atom is 0.305 e. The average Bonchev–Trinajstić information content (AvgIpc) is 2.62. The van der Waals surface area contributed by atoms with Crippen molar-refractivity contribution in [2.75, 3.05) is 14.2 Å². The number of rotatable bonds is 7. The third kappa shape index (κ3) is 4.02. The summed E-state index contributed by atoms with van der Waals surface area (Å²) < 4.78 is 16.5. The minimum atomic E-state index is -0.281. The van der Waals surface area contributed by atoms with Crippen LogP contribution in [-0.4, -0.2) is 20.2 Å². The molecular formula is C21H24O4. The van der Waals surface area contributed by atoms with Gasteiger partial charge >= 0.3 is 5.97 Å². The maximum atomic E-state index is 11.3. The molecule has 0 aliphatic heterocycles. The second kappa shape index (κ2) is 7.70. The smallest absolute Gasteiger partial charge is 0.305 e. The van der Waals surface area contributed by atoms with E-state index in [9.17, 15) is 4.79 Å². The van der Waals surface area contributed by atoms with E-state index in [0.717, 1.165) is 36.3 Å². The summed E-state index contributed by atoms with van der Waals surface area (Å²) in [5.74, 6) is 1.96. The normalized spacial score (nSPS) is 22.1. The first-order chi connectivity index (χ1) is 12.1. The summed E-state index contributed by atoms with van der Waals surface area (Å²) in [6.07, 6.45) is 3.14. The van der Waals surface area contributed by atoms with Crippen molar-refractivity contribution in [1.29, 1.82) is 0 Å². The molecular weight excluding hydrogens is 316 g/mol. The number of esters is 1. The lowest BCUT2D eigenvalue weighted by atomic mass is 9.65. The Bertz CT molecular complexity index is 705. The maximum absolute atomic E-state index is 11.3. The number of para-hydroxylation sites is 1. The molecule has 2 aromatic rings. The van der Waals surface area contributed by atoms with Gasteiger partial charge < -0.3 is 14.2 Å². The van der Waals surface area contributed by atoms with Crippen LogP contribution in [0.25, 0.3) is 0 Å². The number of carbonyl (C=O) groups is 1. The molecule has 1 aliphatic rings. The first kappa shape index (κ1) is 17.5. The summed E-state index contributed by atoms with van der Waals surface area (Å²) in [6.45, 7) is 0. The second-order valence-corrected chi connectivity index (χ2v) is 6.53. The number of carbonyl (C=O) groups excluding carboxylic acids is 1. The molecule has 0 bridgehead atoms. The molecule has 1 fully saturated rings. The molecule has 4 heteroatoms. The van der Waals surface area contributed by atoms with E-state index in [-0.39, 0.29) is 11.6 Å². The van der Waals surface area contributed by atoms with Gasteiger partial charge in [0.15, 0.2) is 0 Å². The summed E-state index contributed by atoms with van der Waals surface area (Å²) in [5.41, 5.74) is 0.842. The SMILES string of the molecule is COC(=O)CCC1CC(OC)(c2cccc(Oc3ccccc3)c2)C1. The van der Waals surface area contributed by atoms with Gasteiger partial charge in [0.25, 0.3) is 0 Å². The van der Waals surface area contributed by atoms with Crippen molar-refractivity contribution in [3.63, 3.8) is 0 Å². The Labute approximate surface area is 148 Å². The first-order valence-corrected chi connectivity index (χ1v) is 8.60. The van der Waals surface area contributed by atoms with Crippen LogP contribution < -0.4 is 4.74 Å². The van der Waals surface area contributed by atoms with E-state index in [1.807, 2.05) is 48.5 Å². The molecule has 0 aromatic heterocycles. The number of hydrogen-bond acceptors (Lipinski definition) is 4. The van der Waals surface area contributed by atoms with Gasteiger partial charge in [-0.1, -0.05) is 30.3 Å². The molecule has 0 amide bonds. The van der Waals surface area contributed by atoms with Gasteiger partial charge in [0.2, 0.25) is 0 Å². The van der Waals surface area contributed by atoms with Crippen molar-refractivity contribution < 1.29 is 19.0 Å². The fourth-order valence-corrected chi connectivity index (χ4v) is 3.49. The lowest BCUT2D eigenvalue weighted by molar-refractivity contribution is -0.143. The van der Waals surface area contributed by atoms with Crippen molar-refractivity contribution in [3.8, 4) is 11.5 Å². The molecule has 132 valence electrons. The summed E-state index contributed by atoms with van der Waals surface area (Å²) in [5, 5.41) is 0. The van der Waals surface area contributed by atoms with Gasteiger partial charge in [0, 0.05) is 13.5 Å². The highest BCUT2D eigenvalue weighted by molar-refractivity contribution is 5.69. The predicted molar refractivity (Wildman–Crippen MR) is 95.6 cm³/mol. The fourth-order valence-electron chi connectivity index (χ4n) is 3.49. The molecule has 0 atom stereocenters. The quantitative estimate of drug-likeness (QED) is 0.686. The van der Waals surface area contributed by atoms with Gasteiger partial charge in [-0.25, -0.2) is 0 Å². The fraction of sp³-hybridized carbons (Fsp3) is 0.381. The zero-order valence-corrected chi connectivity index (χ0v) is 14.7. The average molecular weight is 340 g/mol. The van der Waals surface area contributed by atoms with E-state index < -0.39 is 0 Å². The monoisotopic (exact) mass is 340 g/mol. The summed E-state index contributed by atoms with van der Waals surface area (Å²) in [6, 6.07) is 17.8. The summed E-state index contributed by atoms with van der Waals surface area (Å²) >= 11 is 0. The molecule has 1 saturated carbocycles. The van der Waals surface area contributed by atoms with E-state index in [1.54, 1.807) is 7.11 Å². The van der Waals surface area contributed by atoms with E-state index in [4.69, 9.17) is 14.2 Å². The first-order valence-electron chi connectivity index (χ1n) is 8.60. The van der Waals surface area contributed by atoms with E-state index in [0.29, 0.717) is 12.3 Å². The number of benzene rings is 2.